The van der Waals surface area contributed by atoms with Gasteiger partial charge in [0.2, 0.25) is 0 Å². The van der Waals surface area contributed by atoms with Gasteiger partial charge < -0.3 is 15.4 Å². The highest BCUT2D eigenvalue weighted by Crippen LogP contribution is 2.20. The molecule has 2 aliphatic heterocycles. The first-order valence-corrected chi connectivity index (χ1v) is 10.0. The van der Waals surface area contributed by atoms with Crippen molar-refractivity contribution in [3.63, 3.8) is 0 Å². The fraction of sp³-hybridized carbons (Fsp3) is 0.750. The molecule has 5 heteroatoms. The molecule has 0 spiro atoms. The molecule has 0 aromatic carbocycles. The van der Waals surface area contributed by atoms with Gasteiger partial charge in [-0.25, -0.2) is 4.98 Å². The first-order chi connectivity index (χ1) is 12.4. The predicted octanol–water partition coefficient (Wildman–Crippen LogP) is 2.46. The fourth-order valence-electron chi connectivity index (χ4n) is 3.94. The molecule has 140 valence electrons. The highest BCUT2D eigenvalue weighted by molar-refractivity contribution is 5.46. The highest BCUT2D eigenvalue weighted by atomic mass is 16.5. The van der Waals surface area contributed by atoms with Crippen LogP contribution in [0.5, 0.6) is 0 Å². The number of hydrogen-bond donors (Lipinski definition) is 2. The van der Waals surface area contributed by atoms with Crippen LogP contribution in [0.1, 0.15) is 43.4 Å². The zero-order valence-electron chi connectivity index (χ0n) is 15.7. The summed E-state index contributed by atoms with van der Waals surface area (Å²) < 4.78 is 5.29. The molecule has 25 heavy (non-hydrogen) atoms. The molecular formula is C20H34N4O. The smallest absolute Gasteiger partial charge is 0.129 e. The number of rotatable bonds is 10. The summed E-state index contributed by atoms with van der Waals surface area (Å²) in [5, 5.41) is 6.92. The van der Waals surface area contributed by atoms with Crippen molar-refractivity contribution in [1.82, 2.24) is 15.2 Å². The van der Waals surface area contributed by atoms with E-state index >= 15 is 0 Å². The Morgan fingerprint density at radius 2 is 2.16 bits per heavy atom. The van der Waals surface area contributed by atoms with Crippen LogP contribution in [0.3, 0.4) is 0 Å². The van der Waals surface area contributed by atoms with E-state index in [1.54, 1.807) is 7.11 Å². The minimum atomic E-state index is 0.698. The van der Waals surface area contributed by atoms with Crippen LogP contribution in [0.25, 0.3) is 0 Å². The van der Waals surface area contributed by atoms with Crippen LogP contribution in [-0.2, 0) is 17.6 Å². The molecule has 1 aromatic rings. The number of ether oxygens (including phenoxy) is 1. The number of methoxy groups -OCH3 is 1. The van der Waals surface area contributed by atoms with Crippen LogP contribution in [0.2, 0.25) is 0 Å². The fourth-order valence-corrected chi connectivity index (χ4v) is 3.94. The highest BCUT2D eigenvalue weighted by Gasteiger charge is 2.21. The van der Waals surface area contributed by atoms with Gasteiger partial charge in [0.1, 0.15) is 5.82 Å². The average Bonchev–Trinajstić information content (AvgIpc) is 3.18. The topological polar surface area (TPSA) is 49.4 Å². The van der Waals surface area contributed by atoms with Crippen molar-refractivity contribution in [3.05, 3.63) is 23.4 Å². The number of fused-ring (bicyclic) bond motifs is 1. The summed E-state index contributed by atoms with van der Waals surface area (Å²) in [6.45, 7) is 6.44. The second-order valence-corrected chi connectivity index (χ2v) is 7.33. The van der Waals surface area contributed by atoms with Gasteiger partial charge in [0.15, 0.2) is 0 Å². The molecule has 0 unspecified atom stereocenters. The normalized spacial score (nSPS) is 19.8. The van der Waals surface area contributed by atoms with Crippen LogP contribution in [0.4, 0.5) is 5.82 Å². The van der Waals surface area contributed by atoms with E-state index in [1.807, 2.05) is 0 Å². The second kappa shape index (κ2) is 10.1. The van der Waals surface area contributed by atoms with E-state index in [0.29, 0.717) is 6.04 Å². The lowest BCUT2D eigenvalue weighted by atomic mass is 10.1. The molecule has 1 saturated heterocycles. The average molecular weight is 347 g/mol. The summed E-state index contributed by atoms with van der Waals surface area (Å²) in [5.74, 6) is 1.13. The molecule has 0 radical (unpaired) electrons. The van der Waals surface area contributed by atoms with E-state index in [9.17, 15) is 0 Å². The number of pyridine rings is 1. The van der Waals surface area contributed by atoms with Crippen LogP contribution in [0.15, 0.2) is 12.1 Å². The Morgan fingerprint density at radius 1 is 1.20 bits per heavy atom. The molecule has 3 rings (SSSR count). The van der Waals surface area contributed by atoms with E-state index in [2.05, 4.69) is 27.7 Å². The summed E-state index contributed by atoms with van der Waals surface area (Å²) in [4.78, 5) is 7.42. The van der Waals surface area contributed by atoms with E-state index in [-0.39, 0.29) is 0 Å². The van der Waals surface area contributed by atoms with Gasteiger partial charge in [-0.1, -0.05) is 12.5 Å². The van der Waals surface area contributed by atoms with Crippen molar-refractivity contribution in [2.45, 2.75) is 51.0 Å². The van der Waals surface area contributed by atoms with Gasteiger partial charge in [-0.05, 0) is 63.2 Å². The van der Waals surface area contributed by atoms with E-state index in [0.717, 1.165) is 45.0 Å². The standard InChI is InChI=1S/C20H34N4O/c1-25-15-14-24(19-10-12-21-16-19)13-4-2-3-7-18-9-8-17-6-5-11-22-20(17)23-18/h8-9,19,21H,2-7,10-16H2,1H3,(H,22,23)/t19-/m1/s1. The van der Waals surface area contributed by atoms with Crippen LogP contribution < -0.4 is 10.6 Å². The Kier molecular flexibility index (Phi) is 7.52. The number of nitrogens with zero attached hydrogens (tertiary/aromatic N) is 2. The van der Waals surface area contributed by atoms with E-state index in [4.69, 9.17) is 9.72 Å². The second-order valence-electron chi connectivity index (χ2n) is 7.33. The molecule has 0 aliphatic carbocycles. The quantitative estimate of drug-likeness (QED) is 0.638. The predicted molar refractivity (Wildman–Crippen MR) is 103 cm³/mol. The van der Waals surface area contributed by atoms with Gasteiger partial charge in [0.25, 0.3) is 0 Å². The minimum Gasteiger partial charge on any atom is -0.383 e. The lowest BCUT2D eigenvalue weighted by Crippen LogP contribution is -2.39. The van der Waals surface area contributed by atoms with Crippen LogP contribution >= 0.6 is 0 Å². The third-order valence-electron chi connectivity index (χ3n) is 5.46. The Hall–Kier alpha value is -1.17. The molecule has 1 atom stereocenters. The first kappa shape index (κ1) is 18.6. The van der Waals surface area contributed by atoms with Crippen molar-refractivity contribution in [1.29, 1.82) is 0 Å². The maximum absolute atomic E-state index is 5.29. The Bertz CT molecular complexity index is 516. The van der Waals surface area contributed by atoms with Crippen molar-refractivity contribution < 1.29 is 4.74 Å². The molecule has 0 amide bonds. The molecular weight excluding hydrogens is 312 g/mol. The molecule has 0 bridgehead atoms. The molecule has 2 aliphatic rings. The van der Waals surface area contributed by atoms with Crippen molar-refractivity contribution in [2.75, 3.05) is 51.8 Å². The summed E-state index contributed by atoms with van der Waals surface area (Å²) in [6.07, 6.45) is 8.53. The Morgan fingerprint density at radius 3 is 3.00 bits per heavy atom. The molecule has 1 aromatic heterocycles. The summed E-state index contributed by atoms with van der Waals surface area (Å²) in [7, 11) is 1.80. The van der Waals surface area contributed by atoms with Crippen molar-refractivity contribution >= 4 is 5.82 Å². The molecule has 5 nitrogen and oxygen atoms in total. The Labute approximate surface area is 152 Å². The lowest BCUT2D eigenvalue weighted by molar-refractivity contribution is 0.123. The number of unbranched alkanes of at least 4 members (excludes halogenated alkanes) is 2. The maximum atomic E-state index is 5.29. The zero-order chi connectivity index (χ0) is 17.3. The summed E-state index contributed by atoms with van der Waals surface area (Å²) in [5.41, 5.74) is 2.62. The van der Waals surface area contributed by atoms with Gasteiger partial charge in [-0.3, -0.25) is 4.90 Å². The lowest BCUT2D eigenvalue weighted by Gasteiger charge is -2.28. The number of anilines is 1. The Balaban J connectivity index is 1.37. The van der Waals surface area contributed by atoms with E-state index < -0.39 is 0 Å². The number of aryl methyl sites for hydroxylation is 2. The third-order valence-corrected chi connectivity index (χ3v) is 5.46. The molecule has 2 N–H and O–H groups in total. The third kappa shape index (κ3) is 5.66. The van der Waals surface area contributed by atoms with E-state index in [1.165, 1.54) is 56.3 Å². The van der Waals surface area contributed by atoms with Crippen LogP contribution in [-0.4, -0.2) is 62.4 Å². The number of nitrogens with one attached hydrogen (secondary N) is 2. The van der Waals surface area contributed by atoms with Gasteiger partial charge in [0, 0.05) is 38.5 Å². The van der Waals surface area contributed by atoms with Crippen molar-refractivity contribution in [3.8, 4) is 0 Å². The van der Waals surface area contributed by atoms with Gasteiger partial charge in [0.05, 0.1) is 6.61 Å². The van der Waals surface area contributed by atoms with Crippen molar-refractivity contribution in [2.24, 2.45) is 0 Å². The maximum Gasteiger partial charge on any atom is 0.129 e. The number of hydrogen-bond acceptors (Lipinski definition) is 5. The minimum absolute atomic E-state index is 0.698. The monoisotopic (exact) mass is 346 g/mol. The zero-order valence-corrected chi connectivity index (χ0v) is 15.7. The van der Waals surface area contributed by atoms with Gasteiger partial charge in [-0.2, -0.15) is 0 Å². The first-order valence-electron chi connectivity index (χ1n) is 10.0. The van der Waals surface area contributed by atoms with Crippen LogP contribution in [0, 0.1) is 0 Å². The SMILES string of the molecule is COCCN(CCCCCc1ccc2c(n1)NCCC2)[C@@H]1CCNC1. The summed E-state index contributed by atoms with van der Waals surface area (Å²) >= 11 is 0. The largest absolute Gasteiger partial charge is 0.383 e. The van der Waals surface area contributed by atoms with Gasteiger partial charge >= 0.3 is 0 Å². The summed E-state index contributed by atoms with van der Waals surface area (Å²) in [6, 6.07) is 5.19. The molecule has 3 heterocycles. The number of aromatic nitrogens is 1. The molecule has 1 fully saturated rings. The van der Waals surface area contributed by atoms with Gasteiger partial charge in [-0.15, -0.1) is 0 Å². The molecule has 0 saturated carbocycles.